The van der Waals surface area contributed by atoms with Crippen LogP contribution in [0.15, 0.2) is 24.5 Å². The lowest BCUT2D eigenvalue weighted by atomic mass is 10.1. The van der Waals surface area contributed by atoms with Crippen LogP contribution in [-0.2, 0) is 11.2 Å². The number of primary amides is 1. The van der Waals surface area contributed by atoms with Crippen LogP contribution in [0.4, 0.5) is 4.39 Å². The molecule has 1 heterocycles. The molecule has 2 N–H and O–H groups in total. The Morgan fingerprint density at radius 2 is 2.10 bits per heavy atom. The number of ether oxygens (including phenoxy) is 1. The number of benzene rings is 1. The number of halogens is 3. The van der Waals surface area contributed by atoms with Crippen molar-refractivity contribution in [3.8, 4) is 11.6 Å². The van der Waals surface area contributed by atoms with E-state index in [0.717, 1.165) is 0 Å². The first-order valence-corrected chi connectivity index (χ1v) is 6.63. The van der Waals surface area contributed by atoms with Gasteiger partial charge in [0.15, 0.2) is 11.6 Å². The van der Waals surface area contributed by atoms with E-state index in [9.17, 15) is 9.18 Å². The molecular formula is C13H10Cl2FN3O2. The molecule has 0 aliphatic heterocycles. The number of hydrogen-bond donors (Lipinski definition) is 1. The van der Waals surface area contributed by atoms with Gasteiger partial charge in [0.25, 0.3) is 0 Å². The molecule has 0 atom stereocenters. The average Bonchev–Trinajstić information content (AvgIpc) is 2.42. The zero-order chi connectivity index (χ0) is 15.4. The van der Waals surface area contributed by atoms with Gasteiger partial charge in [-0.2, -0.15) is 0 Å². The SMILES string of the molecule is NC(=O)CCc1ccc(Cl)c(Oc2cc(Cl)ncn2)c1F. The van der Waals surface area contributed by atoms with Crippen molar-refractivity contribution in [3.63, 3.8) is 0 Å². The first-order chi connectivity index (χ1) is 9.97. The molecule has 0 saturated heterocycles. The third-order valence-corrected chi connectivity index (χ3v) is 3.09. The minimum Gasteiger partial charge on any atom is -0.434 e. The lowest BCUT2D eigenvalue weighted by Gasteiger charge is -2.10. The summed E-state index contributed by atoms with van der Waals surface area (Å²) >= 11 is 11.6. The number of hydrogen-bond acceptors (Lipinski definition) is 4. The highest BCUT2D eigenvalue weighted by Crippen LogP contribution is 2.33. The number of aryl methyl sites for hydroxylation is 1. The fourth-order valence-electron chi connectivity index (χ4n) is 1.60. The van der Waals surface area contributed by atoms with Crippen molar-refractivity contribution in [2.24, 2.45) is 5.73 Å². The lowest BCUT2D eigenvalue weighted by molar-refractivity contribution is -0.117. The molecule has 1 aromatic heterocycles. The standard InChI is InChI=1S/C13H10Cl2FN3O2/c14-8-3-1-7(2-4-10(17)20)12(16)13(8)21-11-5-9(15)18-6-19-11/h1,3,5-6H,2,4H2,(H2,17,20). The molecule has 0 unspecified atom stereocenters. The Morgan fingerprint density at radius 3 is 2.76 bits per heavy atom. The van der Waals surface area contributed by atoms with Crippen LogP contribution in [0.3, 0.4) is 0 Å². The Hall–Kier alpha value is -1.92. The van der Waals surface area contributed by atoms with Gasteiger partial charge in [-0.1, -0.05) is 29.3 Å². The number of amides is 1. The predicted octanol–water partition coefficient (Wildman–Crippen LogP) is 3.13. The summed E-state index contributed by atoms with van der Waals surface area (Å²) in [7, 11) is 0. The summed E-state index contributed by atoms with van der Waals surface area (Å²) < 4.78 is 19.6. The molecule has 110 valence electrons. The van der Waals surface area contributed by atoms with E-state index in [-0.39, 0.29) is 40.2 Å². The van der Waals surface area contributed by atoms with Gasteiger partial charge < -0.3 is 10.5 Å². The second-order valence-corrected chi connectivity index (χ2v) is 4.89. The van der Waals surface area contributed by atoms with Crippen LogP contribution in [0.1, 0.15) is 12.0 Å². The molecule has 1 aromatic carbocycles. The number of carbonyl (C=O) groups is 1. The zero-order valence-electron chi connectivity index (χ0n) is 10.6. The second kappa shape index (κ2) is 6.69. The molecule has 8 heteroatoms. The van der Waals surface area contributed by atoms with E-state index in [1.165, 1.54) is 24.5 Å². The van der Waals surface area contributed by atoms with Crippen molar-refractivity contribution in [1.82, 2.24) is 9.97 Å². The minimum absolute atomic E-state index is 0.0251. The van der Waals surface area contributed by atoms with Crippen LogP contribution in [-0.4, -0.2) is 15.9 Å². The molecule has 2 rings (SSSR count). The van der Waals surface area contributed by atoms with Gasteiger partial charge in [-0.25, -0.2) is 14.4 Å². The van der Waals surface area contributed by atoms with Crippen LogP contribution in [0.5, 0.6) is 11.6 Å². The van der Waals surface area contributed by atoms with Crippen molar-refractivity contribution in [3.05, 3.63) is 46.1 Å². The first kappa shape index (κ1) is 15.5. The van der Waals surface area contributed by atoms with Crippen molar-refractivity contribution in [1.29, 1.82) is 0 Å². The Kier molecular flexibility index (Phi) is 4.93. The number of nitrogens with zero attached hydrogens (tertiary/aromatic N) is 2. The lowest BCUT2D eigenvalue weighted by Crippen LogP contribution is -2.11. The number of carbonyl (C=O) groups excluding carboxylic acids is 1. The van der Waals surface area contributed by atoms with Gasteiger partial charge in [0.05, 0.1) is 5.02 Å². The van der Waals surface area contributed by atoms with E-state index in [1.54, 1.807) is 0 Å². The van der Waals surface area contributed by atoms with Crippen molar-refractivity contribution < 1.29 is 13.9 Å². The van der Waals surface area contributed by atoms with Gasteiger partial charge in [-0.05, 0) is 18.1 Å². The molecule has 21 heavy (non-hydrogen) atoms. The summed E-state index contributed by atoms with van der Waals surface area (Å²) in [6.07, 6.45) is 1.36. The maximum atomic E-state index is 14.3. The molecule has 1 amide bonds. The van der Waals surface area contributed by atoms with E-state index in [4.69, 9.17) is 33.7 Å². The Balaban J connectivity index is 2.29. The molecule has 0 bridgehead atoms. The highest BCUT2D eigenvalue weighted by Gasteiger charge is 2.16. The van der Waals surface area contributed by atoms with Crippen LogP contribution in [0, 0.1) is 5.82 Å². The largest absolute Gasteiger partial charge is 0.434 e. The predicted molar refractivity (Wildman–Crippen MR) is 76.0 cm³/mol. The Bertz CT molecular complexity index is 682. The second-order valence-electron chi connectivity index (χ2n) is 4.10. The maximum absolute atomic E-state index is 14.3. The van der Waals surface area contributed by atoms with Crippen LogP contribution < -0.4 is 10.5 Å². The fourth-order valence-corrected chi connectivity index (χ4v) is 1.92. The van der Waals surface area contributed by atoms with E-state index >= 15 is 0 Å². The summed E-state index contributed by atoms with van der Waals surface area (Å²) in [6, 6.07) is 4.27. The van der Waals surface area contributed by atoms with Gasteiger partial charge in [-0.3, -0.25) is 4.79 Å². The molecule has 5 nitrogen and oxygen atoms in total. The molecule has 0 spiro atoms. The van der Waals surface area contributed by atoms with Crippen LogP contribution in [0.25, 0.3) is 0 Å². The third-order valence-electron chi connectivity index (χ3n) is 2.59. The summed E-state index contributed by atoms with van der Waals surface area (Å²) in [5, 5.41) is 0.228. The van der Waals surface area contributed by atoms with Crippen LogP contribution in [0.2, 0.25) is 10.2 Å². The van der Waals surface area contributed by atoms with E-state index < -0.39 is 11.7 Å². The highest BCUT2D eigenvalue weighted by atomic mass is 35.5. The molecule has 2 aromatic rings. The maximum Gasteiger partial charge on any atom is 0.224 e. The monoisotopic (exact) mass is 329 g/mol. The van der Waals surface area contributed by atoms with Crippen LogP contribution >= 0.6 is 23.2 Å². The van der Waals surface area contributed by atoms with Gasteiger partial charge >= 0.3 is 0 Å². The molecular weight excluding hydrogens is 320 g/mol. The topological polar surface area (TPSA) is 78.1 Å². The van der Waals surface area contributed by atoms with E-state index in [0.29, 0.717) is 0 Å². The van der Waals surface area contributed by atoms with Gasteiger partial charge in [0.1, 0.15) is 11.5 Å². The van der Waals surface area contributed by atoms with Crippen molar-refractivity contribution in [2.75, 3.05) is 0 Å². The van der Waals surface area contributed by atoms with E-state index in [1.807, 2.05) is 0 Å². The normalized spacial score (nSPS) is 10.4. The molecule has 0 saturated carbocycles. The Labute approximate surface area is 129 Å². The number of rotatable bonds is 5. The Morgan fingerprint density at radius 1 is 1.33 bits per heavy atom. The van der Waals surface area contributed by atoms with E-state index in [2.05, 4.69) is 9.97 Å². The minimum atomic E-state index is -0.668. The summed E-state index contributed by atoms with van der Waals surface area (Å²) in [4.78, 5) is 18.3. The molecule has 0 radical (unpaired) electrons. The zero-order valence-corrected chi connectivity index (χ0v) is 12.2. The van der Waals surface area contributed by atoms with Crippen molar-refractivity contribution in [2.45, 2.75) is 12.8 Å². The highest BCUT2D eigenvalue weighted by molar-refractivity contribution is 6.32. The smallest absolute Gasteiger partial charge is 0.224 e. The molecule has 0 aliphatic carbocycles. The first-order valence-electron chi connectivity index (χ1n) is 5.88. The van der Waals surface area contributed by atoms with Crippen molar-refractivity contribution >= 4 is 29.1 Å². The molecule has 0 fully saturated rings. The number of aromatic nitrogens is 2. The van der Waals surface area contributed by atoms with Gasteiger partial charge in [0.2, 0.25) is 11.8 Å². The molecule has 0 aliphatic rings. The average molecular weight is 330 g/mol. The third kappa shape index (κ3) is 4.03. The number of nitrogens with two attached hydrogens (primary N) is 1. The quantitative estimate of drug-likeness (QED) is 0.855. The van der Waals surface area contributed by atoms with Gasteiger partial charge in [0, 0.05) is 12.5 Å². The summed E-state index contributed by atoms with van der Waals surface area (Å²) in [5.41, 5.74) is 5.32. The van der Waals surface area contributed by atoms with Gasteiger partial charge in [-0.15, -0.1) is 0 Å². The summed E-state index contributed by atoms with van der Waals surface area (Å²) in [6.45, 7) is 0. The fraction of sp³-hybridized carbons (Fsp3) is 0.154. The summed E-state index contributed by atoms with van der Waals surface area (Å²) in [5.74, 6) is -1.32.